The van der Waals surface area contributed by atoms with Gasteiger partial charge in [-0.05, 0) is 66.6 Å². The lowest BCUT2D eigenvalue weighted by atomic mass is 9.94. The molecule has 0 unspecified atom stereocenters. The molecule has 1 saturated heterocycles. The van der Waals surface area contributed by atoms with Crippen LogP contribution in [0.2, 0.25) is 5.02 Å². The number of halogens is 1. The third-order valence-corrected chi connectivity index (χ3v) is 8.41. The maximum atomic E-state index is 13.7. The summed E-state index contributed by atoms with van der Waals surface area (Å²) in [4.78, 5) is 33.4. The second kappa shape index (κ2) is 10.3. The van der Waals surface area contributed by atoms with Crippen molar-refractivity contribution in [1.29, 1.82) is 0 Å². The molecule has 0 spiro atoms. The number of methoxy groups -OCH3 is 3. The van der Waals surface area contributed by atoms with Crippen LogP contribution in [0, 0.1) is 0 Å². The van der Waals surface area contributed by atoms with Crippen molar-refractivity contribution in [3.63, 3.8) is 0 Å². The summed E-state index contributed by atoms with van der Waals surface area (Å²) in [5.74, 6) is -0.255. The fourth-order valence-corrected chi connectivity index (χ4v) is 6.59. The third kappa shape index (κ3) is 4.43. The number of Topliss-reactive ketones (excluding diaryl/α,β-unsaturated/α-hetero) is 1. The number of ketones is 1. The van der Waals surface area contributed by atoms with Crippen LogP contribution in [0.5, 0.6) is 23.0 Å². The molecule has 210 valence electrons. The van der Waals surface area contributed by atoms with Gasteiger partial charge in [-0.15, -0.1) is 0 Å². The van der Waals surface area contributed by atoms with Crippen LogP contribution in [0.25, 0.3) is 16.0 Å². The van der Waals surface area contributed by atoms with E-state index in [-0.39, 0.29) is 22.6 Å². The molecule has 1 amide bonds. The van der Waals surface area contributed by atoms with Gasteiger partial charge in [-0.1, -0.05) is 22.9 Å². The summed E-state index contributed by atoms with van der Waals surface area (Å²) >= 11 is 7.41. The summed E-state index contributed by atoms with van der Waals surface area (Å²) in [6.07, 6.45) is 0.662. The highest BCUT2D eigenvalue weighted by atomic mass is 35.5. The normalized spacial score (nSPS) is 19.4. The van der Waals surface area contributed by atoms with Crippen LogP contribution in [-0.4, -0.2) is 49.2 Å². The van der Waals surface area contributed by atoms with Gasteiger partial charge in [0.2, 0.25) is 5.75 Å². The molecule has 11 heteroatoms. The van der Waals surface area contributed by atoms with Crippen molar-refractivity contribution in [3.05, 3.63) is 75.8 Å². The minimum absolute atomic E-state index is 0.000237. The van der Waals surface area contributed by atoms with E-state index in [0.717, 1.165) is 16.0 Å². The van der Waals surface area contributed by atoms with Gasteiger partial charge in [0, 0.05) is 17.0 Å². The first-order valence-electron chi connectivity index (χ1n) is 12.7. The van der Waals surface area contributed by atoms with Crippen LogP contribution >= 0.6 is 22.9 Å². The Balaban J connectivity index is 1.59. The number of carbonyl (C=O) groups is 2. The second-order valence-corrected chi connectivity index (χ2v) is 11.1. The Morgan fingerprint density at radius 1 is 1.05 bits per heavy atom. The molecule has 3 heterocycles. The number of ether oxygens (including phenoxy) is 4. The number of thiazole rings is 1. The highest BCUT2D eigenvalue weighted by Gasteiger charge is 2.48. The van der Waals surface area contributed by atoms with Crippen molar-refractivity contribution in [2.45, 2.75) is 25.5 Å². The van der Waals surface area contributed by atoms with E-state index >= 15 is 0 Å². The van der Waals surface area contributed by atoms with Gasteiger partial charge in [0.15, 0.2) is 16.6 Å². The number of hydrogen-bond acceptors (Lipinski definition) is 9. The quantitative estimate of drug-likeness (QED) is 0.167. The molecule has 0 radical (unpaired) electrons. The fraction of sp³-hybridized carbons (Fsp3) is 0.233. The number of fused-ring (bicyclic) bond motifs is 2. The number of amides is 1. The number of rotatable bonds is 6. The van der Waals surface area contributed by atoms with Gasteiger partial charge in [0.25, 0.3) is 5.78 Å². The zero-order valence-corrected chi connectivity index (χ0v) is 24.1. The molecule has 1 fully saturated rings. The minimum atomic E-state index is -1.05. The molecule has 4 aromatic rings. The molecule has 0 saturated carbocycles. The number of anilines is 1. The Bertz CT molecular complexity index is 1740. The monoisotopic (exact) mass is 592 g/mol. The summed E-state index contributed by atoms with van der Waals surface area (Å²) in [5.41, 5.74) is 2.29. The van der Waals surface area contributed by atoms with Gasteiger partial charge in [-0.3, -0.25) is 14.5 Å². The van der Waals surface area contributed by atoms with E-state index in [1.165, 1.54) is 37.6 Å². The van der Waals surface area contributed by atoms with Crippen molar-refractivity contribution >= 4 is 55.7 Å². The predicted octanol–water partition coefficient (Wildman–Crippen LogP) is 5.93. The first-order valence-corrected chi connectivity index (χ1v) is 13.9. The standard InChI is InChI=1S/C30H25ClN2O7S/c1-14-9-16-10-15(5-8-20(16)40-14)26(34)24-25(17-11-21(37-2)28(39-4)22(12-17)38-3)33(29(36)27(24)35)30-32-19-7-6-18(31)13-23(19)41-30/h5-8,10-14,25,34H,9H2,1-4H3/b26-24+/t14-,25-/m1/s1. The molecular weight excluding hydrogens is 568 g/mol. The number of aromatic nitrogens is 1. The van der Waals surface area contributed by atoms with Crippen LogP contribution < -0.4 is 23.8 Å². The fourth-order valence-electron chi connectivity index (χ4n) is 5.32. The van der Waals surface area contributed by atoms with Gasteiger partial charge in [-0.25, -0.2) is 4.98 Å². The summed E-state index contributed by atoms with van der Waals surface area (Å²) in [6, 6.07) is 12.7. The largest absolute Gasteiger partial charge is 0.507 e. The SMILES string of the molecule is COc1cc([C@@H]2/C(=C(\O)c3ccc4c(c3)C[C@@H](C)O4)C(=O)C(=O)N2c2nc3ccc(Cl)cc3s2)cc(OC)c1OC. The van der Waals surface area contributed by atoms with E-state index in [9.17, 15) is 14.7 Å². The highest BCUT2D eigenvalue weighted by Crippen LogP contribution is 2.48. The topological polar surface area (TPSA) is 107 Å². The highest BCUT2D eigenvalue weighted by molar-refractivity contribution is 7.22. The maximum Gasteiger partial charge on any atom is 0.301 e. The summed E-state index contributed by atoms with van der Waals surface area (Å²) in [7, 11) is 4.43. The molecule has 9 nitrogen and oxygen atoms in total. The number of hydrogen-bond donors (Lipinski definition) is 1. The molecule has 2 aliphatic heterocycles. The van der Waals surface area contributed by atoms with Crippen molar-refractivity contribution in [2.75, 3.05) is 26.2 Å². The van der Waals surface area contributed by atoms with Crippen molar-refractivity contribution in [3.8, 4) is 23.0 Å². The van der Waals surface area contributed by atoms with E-state index in [0.29, 0.717) is 45.3 Å². The number of benzene rings is 3. The Labute approximate surface area is 244 Å². The van der Waals surface area contributed by atoms with Gasteiger partial charge >= 0.3 is 5.91 Å². The Hall–Kier alpha value is -4.28. The molecule has 0 bridgehead atoms. The maximum absolute atomic E-state index is 13.7. The number of aliphatic hydroxyl groups is 1. The first-order chi connectivity index (χ1) is 19.7. The lowest BCUT2D eigenvalue weighted by Gasteiger charge is -2.24. The van der Waals surface area contributed by atoms with Crippen LogP contribution in [0.4, 0.5) is 5.13 Å². The smallest absolute Gasteiger partial charge is 0.301 e. The molecule has 1 N–H and O–H groups in total. The number of nitrogens with zero attached hydrogens (tertiary/aromatic N) is 2. The van der Waals surface area contributed by atoms with Crippen molar-refractivity contribution in [1.82, 2.24) is 4.98 Å². The van der Waals surface area contributed by atoms with Gasteiger partial charge in [0.05, 0.1) is 43.2 Å². The second-order valence-electron chi connectivity index (χ2n) is 9.69. The average Bonchev–Trinajstić information content (AvgIpc) is 3.63. The zero-order chi connectivity index (χ0) is 29.0. The van der Waals surface area contributed by atoms with Crippen LogP contribution in [-0.2, 0) is 16.0 Å². The minimum Gasteiger partial charge on any atom is -0.507 e. The summed E-state index contributed by atoms with van der Waals surface area (Å²) < 4.78 is 23.1. The molecule has 2 aliphatic rings. The Morgan fingerprint density at radius 3 is 2.46 bits per heavy atom. The van der Waals surface area contributed by atoms with Gasteiger partial charge < -0.3 is 24.1 Å². The van der Waals surface area contributed by atoms with E-state index < -0.39 is 17.7 Å². The van der Waals surface area contributed by atoms with E-state index in [1.807, 2.05) is 6.92 Å². The number of aliphatic hydroxyl groups excluding tert-OH is 1. The first kappa shape index (κ1) is 26.9. The molecule has 41 heavy (non-hydrogen) atoms. The molecule has 3 aromatic carbocycles. The molecule has 0 aliphatic carbocycles. The summed E-state index contributed by atoms with van der Waals surface area (Å²) in [6.45, 7) is 1.96. The van der Waals surface area contributed by atoms with E-state index in [2.05, 4.69) is 4.98 Å². The lowest BCUT2D eigenvalue weighted by Crippen LogP contribution is -2.29. The Morgan fingerprint density at radius 2 is 1.78 bits per heavy atom. The molecule has 2 atom stereocenters. The molecule has 1 aromatic heterocycles. The third-order valence-electron chi connectivity index (χ3n) is 7.16. The molecular formula is C30H25ClN2O7S. The predicted molar refractivity (Wildman–Crippen MR) is 156 cm³/mol. The Kier molecular flexibility index (Phi) is 6.75. The molecule has 6 rings (SSSR count). The summed E-state index contributed by atoms with van der Waals surface area (Å²) in [5, 5.41) is 12.4. The average molecular weight is 593 g/mol. The van der Waals surface area contributed by atoms with Crippen LogP contribution in [0.3, 0.4) is 0 Å². The van der Waals surface area contributed by atoms with Crippen LogP contribution in [0.15, 0.2) is 54.1 Å². The van der Waals surface area contributed by atoms with Crippen molar-refractivity contribution in [2.24, 2.45) is 0 Å². The van der Waals surface area contributed by atoms with Gasteiger partial charge in [0.1, 0.15) is 17.6 Å². The van der Waals surface area contributed by atoms with Crippen LogP contribution in [0.1, 0.15) is 29.7 Å². The zero-order valence-electron chi connectivity index (χ0n) is 22.6. The van der Waals surface area contributed by atoms with Crippen molar-refractivity contribution < 1.29 is 33.6 Å². The number of carbonyl (C=O) groups excluding carboxylic acids is 2. The van der Waals surface area contributed by atoms with E-state index in [1.54, 1.807) is 48.5 Å². The van der Waals surface area contributed by atoms with E-state index in [4.69, 9.17) is 30.5 Å². The lowest BCUT2D eigenvalue weighted by molar-refractivity contribution is -0.132. The van der Waals surface area contributed by atoms with Gasteiger partial charge in [-0.2, -0.15) is 0 Å².